The fourth-order valence-electron chi connectivity index (χ4n) is 1.26. The van der Waals surface area contributed by atoms with Gasteiger partial charge in [-0.05, 0) is 6.07 Å². The topological polar surface area (TPSA) is 17.8 Å². The first kappa shape index (κ1) is 6.76. The van der Waals surface area contributed by atoms with Gasteiger partial charge in [0, 0.05) is 25.4 Å². The predicted octanol–water partition coefficient (Wildman–Crippen LogP) is 1.54. The molecule has 60 valence electrons. The number of rotatable bonds is 1. The van der Waals surface area contributed by atoms with Gasteiger partial charge in [0.25, 0.3) is 5.92 Å². The van der Waals surface area contributed by atoms with E-state index >= 15 is 0 Å². The third-order valence-electron chi connectivity index (χ3n) is 2.04. The summed E-state index contributed by atoms with van der Waals surface area (Å²) in [5, 5.41) is 3.83. The summed E-state index contributed by atoms with van der Waals surface area (Å²) in [6.45, 7) is 0. The van der Waals surface area contributed by atoms with Crippen molar-refractivity contribution < 1.29 is 8.78 Å². The summed E-state index contributed by atoms with van der Waals surface area (Å²) < 4.78 is 26.5. The van der Waals surface area contributed by atoms with Gasteiger partial charge in [-0.3, -0.25) is 4.68 Å². The lowest BCUT2D eigenvalue weighted by Gasteiger charge is -1.98. The molecule has 0 unspecified atom stereocenters. The Balaban J connectivity index is 2.27. The quantitative estimate of drug-likeness (QED) is 0.606. The van der Waals surface area contributed by atoms with Crippen molar-refractivity contribution in [2.24, 2.45) is 7.05 Å². The van der Waals surface area contributed by atoms with Crippen molar-refractivity contribution in [3.63, 3.8) is 0 Å². The molecule has 0 bridgehead atoms. The number of aromatic nitrogens is 2. The van der Waals surface area contributed by atoms with Gasteiger partial charge in [0.15, 0.2) is 0 Å². The summed E-state index contributed by atoms with van der Waals surface area (Å²) in [5.41, 5.74) is 0.634. The molecular weight excluding hydrogens is 150 g/mol. The van der Waals surface area contributed by atoms with Crippen LogP contribution in [-0.4, -0.2) is 15.7 Å². The molecule has 0 spiro atoms. The van der Waals surface area contributed by atoms with Gasteiger partial charge in [-0.2, -0.15) is 5.10 Å². The molecule has 0 aromatic carbocycles. The Bertz CT molecular complexity index is 280. The molecule has 0 radical (unpaired) electrons. The summed E-state index contributed by atoms with van der Waals surface area (Å²) >= 11 is 0. The fraction of sp³-hybridized carbons (Fsp3) is 0.571. The second-order valence-electron chi connectivity index (χ2n) is 2.90. The molecule has 0 saturated heterocycles. The van der Waals surface area contributed by atoms with Crippen molar-refractivity contribution in [3.8, 4) is 0 Å². The number of nitrogens with zero attached hydrogens (tertiary/aromatic N) is 2. The number of hydrogen-bond donors (Lipinski definition) is 0. The molecule has 1 aliphatic carbocycles. The van der Waals surface area contributed by atoms with E-state index in [2.05, 4.69) is 5.10 Å². The minimum absolute atomic E-state index is 0.0213. The van der Waals surface area contributed by atoms with Crippen LogP contribution in [0.4, 0.5) is 8.78 Å². The molecule has 1 fully saturated rings. The maximum Gasteiger partial charge on any atom is 0.257 e. The van der Waals surface area contributed by atoms with Gasteiger partial charge in [-0.25, -0.2) is 8.78 Å². The van der Waals surface area contributed by atoms with Gasteiger partial charge in [0.2, 0.25) is 0 Å². The maximum absolute atomic E-state index is 12.5. The minimum Gasteiger partial charge on any atom is -0.272 e. The van der Waals surface area contributed by atoms with Gasteiger partial charge in [-0.1, -0.05) is 0 Å². The molecule has 4 heteroatoms. The van der Waals surface area contributed by atoms with Crippen molar-refractivity contribution in [3.05, 3.63) is 18.0 Å². The third kappa shape index (κ3) is 0.931. The largest absolute Gasteiger partial charge is 0.272 e. The molecule has 2 rings (SSSR count). The summed E-state index contributed by atoms with van der Waals surface area (Å²) in [4.78, 5) is 0. The fourth-order valence-corrected chi connectivity index (χ4v) is 1.26. The van der Waals surface area contributed by atoms with Crippen molar-refractivity contribution in [1.29, 1.82) is 0 Å². The van der Waals surface area contributed by atoms with E-state index in [1.807, 2.05) is 0 Å². The number of hydrogen-bond acceptors (Lipinski definition) is 1. The van der Waals surface area contributed by atoms with Crippen LogP contribution < -0.4 is 0 Å². The monoisotopic (exact) mass is 158 g/mol. The van der Waals surface area contributed by atoms with E-state index in [9.17, 15) is 8.78 Å². The molecule has 11 heavy (non-hydrogen) atoms. The Morgan fingerprint density at radius 2 is 2.36 bits per heavy atom. The predicted molar refractivity (Wildman–Crippen MR) is 35.5 cm³/mol. The summed E-state index contributed by atoms with van der Waals surface area (Å²) in [7, 11) is 1.68. The molecule has 1 aromatic heterocycles. The highest BCUT2D eigenvalue weighted by Crippen LogP contribution is 2.55. The van der Waals surface area contributed by atoms with Crippen LogP contribution in [0.2, 0.25) is 0 Å². The van der Waals surface area contributed by atoms with Gasteiger partial charge < -0.3 is 0 Å². The van der Waals surface area contributed by atoms with Crippen molar-refractivity contribution >= 4 is 0 Å². The van der Waals surface area contributed by atoms with E-state index in [0.717, 1.165) is 0 Å². The number of aryl methyl sites for hydroxylation is 1. The zero-order valence-corrected chi connectivity index (χ0v) is 6.09. The van der Waals surface area contributed by atoms with Crippen molar-refractivity contribution in [2.75, 3.05) is 0 Å². The zero-order valence-electron chi connectivity index (χ0n) is 6.09. The van der Waals surface area contributed by atoms with Crippen LogP contribution in [0.3, 0.4) is 0 Å². The summed E-state index contributed by atoms with van der Waals surface area (Å²) in [6, 6.07) is 1.64. The van der Waals surface area contributed by atoms with E-state index < -0.39 is 11.8 Å². The highest BCUT2D eigenvalue weighted by atomic mass is 19.3. The molecule has 0 aliphatic heterocycles. The van der Waals surface area contributed by atoms with Crippen LogP contribution in [0.5, 0.6) is 0 Å². The van der Waals surface area contributed by atoms with Gasteiger partial charge in [0.1, 0.15) is 0 Å². The Morgan fingerprint density at radius 1 is 1.73 bits per heavy atom. The second kappa shape index (κ2) is 1.81. The molecule has 1 aliphatic rings. The second-order valence-corrected chi connectivity index (χ2v) is 2.90. The lowest BCUT2D eigenvalue weighted by atomic mass is 10.3. The van der Waals surface area contributed by atoms with Crippen LogP contribution in [0.25, 0.3) is 0 Å². The summed E-state index contributed by atoms with van der Waals surface area (Å²) in [5.74, 6) is -3.07. The van der Waals surface area contributed by atoms with E-state index in [0.29, 0.717) is 5.69 Å². The van der Waals surface area contributed by atoms with Crippen molar-refractivity contribution in [1.82, 2.24) is 9.78 Å². The zero-order chi connectivity index (χ0) is 8.06. The first-order chi connectivity index (χ1) is 5.11. The standard InChI is InChI=1S/C7H8F2N2/c1-11-6(2-3-10-11)5-4-7(5,8)9/h2-3,5H,4H2,1H3/t5-/m0/s1. The maximum atomic E-state index is 12.5. The van der Waals surface area contributed by atoms with E-state index in [1.165, 1.54) is 4.68 Å². The Hall–Kier alpha value is -0.930. The summed E-state index contributed by atoms with van der Waals surface area (Å²) in [6.07, 6.45) is 1.52. The average Bonchev–Trinajstić information content (AvgIpc) is 2.38. The lowest BCUT2D eigenvalue weighted by Crippen LogP contribution is -2.00. The average molecular weight is 158 g/mol. The van der Waals surface area contributed by atoms with E-state index in [-0.39, 0.29) is 6.42 Å². The molecule has 2 nitrogen and oxygen atoms in total. The Labute approximate surface area is 62.8 Å². The van der Waals surface area contributed by atoms with E-state index in [4.69, 9.17) is 0 Å². The first-order valence-electron chi connectivity index (χ1n) is 3.47. The van der Waals surface area contributed by atoms with Crippen LogP contribution in [0, 0.1) is 0 Å². The normalized spacial score (nSPS) is 27.0. The number of alkyl halides is 2. The molecule has 1 atom stereocenters. The van der Waals surface area contributed by atoms with Gasteiger partial charge >= 0.3 is 0 Å². The lowest BCUT2D eigenvalue weighted by molar-refractivity contribution is 0.111. The van der Waals surface area contributed by atoms with Crippen LogP contribution in [0.1, 0.15) is 18.0 Å². The molecular formula is C7H8F2N2. The first-order valence-corrected chi connectivity index (χ1v) is 3.47. The SMILES string of the molecule is Cn1nccc1[C@@H]1CC1(F)F. The Morgan fingerprint density at radius 3 is 2.73 bits per heavy atom. The van der Waals surface area contributed by atoms with Crippen LogP contribution in [-0.2, 0) is 7.05 Å². The van der Waals surface area contributed by atoms with E-state index in [1.54, 1.807) is 19.3 Å². The van der Waals surface area contributed by atoms with Crippen LogP contribution in [0.15, 0.2) is 12.3 Å². The highest BCUT2D eigenvalue weighted by Gasteiger charge is 2.58. The molecule has 0 amide bonds. The van der Waals surface area contributed by atoms with Crippen LogP contribution >= 0.6 is 0 Å². The van der Waals surface area contributed by atoms with Crippen molar-refractivity contribution in [2.45, 2.75) is 18.3 Å². The molecule has 1 saturated carbocycles. The number of halogens is 2. The van der Waals surface area contributed by atoms with Gasteiger partial charge in [-0.15, -0.1) is 0 Å². The van der Waals surface area contributed by atoms with Gasteiger partial charge in [0.05, 0.1) is 5.92 Å². The molecule has 1 heterocycles. The molecule has 1 aromatic rings. The third-order valence-corrected chi connectivity index (χ3v) is 2.04. The highest BCUT2D eigenvalue weighted by molar-refractivity contribution is 5.21. The smallest absolute Gasteiger partial charge is 0.257 e. The Kier molecular flexibility index (Phi) is 1.11. The molecule has 0 N–H and O–H groups in total. The minimum atomic E-state index is -2.48.